The van der Waals surface area contributed by atoms with Crippen LogP contribution in [0.1, 0.15) is 25.5 Å². The molecule has 1 aromatic rings. The Labute approximate surface area is 110 Å². The second kappa shape index (κ2) is 5.71. The first-order valence-electron chi connectivity index (χ1n) is 5.20. The number of hydrogen-bond donors (Lipinski definition) is 2. The summed E-state index contributed by atoms with van der Waals surface area (Å²) in [5.41, 5.74) is 0.569. The largest absolute Gasteiger partial charge is 0.481 e. The second-order valence-corrected chi connectivity index (χ2v) is 4.92. The van der Waals surface area contributed by atoms with Gasteiger partial charge in [0.15, 0.2) is 0 Å². The van der Waals surface area contributed by atoms with E-state index in [4.69, 9.17) is 28.3 Å². The van der Waals surface area contributed by atoms with E-state index < -0.39 is 23.9 Å². The summed E-state index contributed by atoms with van der Waals surface area (Å²) in [5, 5.41) is 19.7. The second-order valence-electron chi connectivity index (χ2n) is 4.10. The summed E-state index contributed by atoms with van der Waals surface area (Å²) in [7, 11) is 0. The number of carboxylic acid groups (broad SMARTS) is 1. The first kappa shape index (κ1) is 14.3. The number of benzene rings is 1. The summed E-state index contributed by atoms with van der Waals surface area (Å²) in [6, 6.07) is 4.78. The van der Waals surface area contributed by atoms with E-state index in [2.05, 4.69) is 0 Å². The Hall–Kier alpha value is -0.770. The van der Waals surface area contributed by atoms with Crippen molar-refractivity contribution in [2.24, 2.45) is 11.8 Å². The van der Waals surface area contributed by atoms with E-state index in [0.717, 1.165) is 0 Å². The van der Waals surface area contributed by atoms with E-state index in [1.165, 1.54) is 0 Å². The number of hydrogen-bond acceptors (Lipinski definition) is 2. The molecule has 0 aliphatic rings. The summed E-state index contributed by atoms with van der Waals surface area (Å²) >= 11 is 11.6. The fourth-order valence-corrected chi connectivity index (χ4v) is 1.80. The zero-order chi connectivity index (χ0) is 13.2. The van der Waals surface area contributed by atoms with Crippen molar-refractivity contribution in [3.05, 3.63) is 33.8 Å². The molecule has 3 atom stereocenters. The fraction of sp³-hybridized carbons (Fsp3) is 0.417. The molecule has 0 aromatic heterocycles. The zero-order valence-electron chi connectivity index (χ0n) is 9.52. The topological polar surface area (TPSA) is 57.5 Å². The molecule has 94 valence electrons. The average molecular weight is 277 g/mol. The lowest BCUT2D eigenvalue weighted by Gasteiger charge is -2.22. The predicted molar refractivity (Wildman–Crippen MR) is 67.4 cm³/mol. The van der Waals surface area contributed by atoms with Gasteiger partial charge >= 0.3 is 5.97 Å². The van der Waals surface area contributed by atoms with Gasteiger partial charge in [-0.25, -0.2) is 0 Å². The molecule has 0 aliphatic carbocycles. The maximum Gasteiger partial charge on any atom is 0.306 e. The van der Waals surface area contributed by atoms with Crippen molar-refractivity contribution in [2.45, 2.75) is 20.0 Å². The monoisotopic (exact) mass is 276 g/mol. The number of carbonyl (C=O) groups is 1. The van der Waals surface area contributed by atoms with E-state index >= 15 is 0 Å². The molecule has 3 nitrogen and oxygen atoms in total. The van der Waals surface area contributed by atoms with Gasteiger partial charge in [-0.05, 0) is 23.6 Å². The number of rotatable bonds is 4. The summed E-state index contributed by atoms with van der Waals surface area (Å²) in [4.78, 5) is 10.8. The Morgan fingerprint density at radius 1 is 1.24 bits per heavy atom. The minimum atomic E-state index is -0.934. The lowest BCUT2D eigenvalue weighted by Crippen LogP contribution is -2.23. The molecule has 0 spiro atoms. The van der Waals surface area contributed by atoms with E-state index in [-0.39, 0.29) is 0 Å². The molecule has 5 heteroatoms. The summed E-state index contributed by atoms with van der Waals surface area (Å²) in [6.07, 6.45) is -0.879. The molecule has 0 bridgehead atoms. The Bertz CT molecular complexity index is 420. The van der Waals surface area contributed by atoms with Crippen LogP contribution in [0.25, 0.3) is 0 Å². The Morgan fingerprint density at radius 3 is 2.29 bits per heavy atom. The first-order chi connectivity index (χ1) is 7.84. The Balaban J connectivity index is 2.92. The highest BCUT2D eigenvalue weighted by molar-refractivity contribution is 6.42. The van der Waals surface area contributed by atoms with Crippen molar-refractivity contribution in [1.29, 1.82) is 0 Å². The zero-order valence-corrected chi connectivity index (χ0v) is 11.0. The van der Waals surface area contributed by atoms with Crippen LogP contribution in [0.2, 0.25) is 10.0 Å². The molecule has 0 saturated carbocycles. The van der Waals surface area contributed by atoms with E-state index in [1.807, 2.05) is 0 Å². The van der Waals surface area contributed by atoms with Gasteiger partial charge < -0.3 is 10.2 Å². The fourth-order valence-electron chi connectivity index (χ4n) is 1.50. The Morgan fingerprint density at radius 2 is 1.82 bits per heavy atom. The highest BCUT2D eigenvalue weighted by atomic mass is 35.5. The lowest BCUT2D eigenvalue weighted by atomic mass is 9.87. The molecule has 0 amide bonds. The average Bonchev–Trinajstić information content (AvgIpc) is 2.29. The van der Waals surface area contributed by atoms with E-state index in [1.54, 1.807) is 32.0 Å². The molecule has 3 unspecified atom stereocenters. The Kier molecular flexibility index (Phi) is 4.80. The van der Waals surface area contributed by atoms with E-state index in [9.17, 15) is 9.90 Å². The molecule has 0 fully saturated rings. The molecule has 0 saturated heterocycles. The third-order valence-electron chi connectivity index (χ3n) is 2.96. The van der Waals surface area contributed by atoms with Gasteiger partial charge in [0, 0.05) is 0 Å². The van der Waals surface area contributed by atoms with Crippen molar-refractivity contribution in [3.8, 4) is 0 Å². The van der Waals surface area contributed by atoms with Crippen molar-refractivity contribution < 1.29 is 15.0 Å². The third-order valence-corrected chi connectivity index (χ3v) is 3.70. The molecule has 0 radical (unpaired) electrons. The van der Waals surface area contributed by atoms with Crippen molar-refractivity contribution >= 4 is 29.2 Å². The van der Waals surface area contributed by atoms with Crippen LogP contribution in [0.5, 0.6) is 0 Å². The van der Waals surface area contributed by atoms with Gasteiger partial charge in [-0.1, -0.05) is 43.1 Å². The number of halogens is 2. The van der Waals surface area contributed by atoms with Crippen molar-refractivity contribution in [1.82, 2.24) is 0 Å². The molecular formula is C12H14Cl2O3. The minimum Gasteiger partial charge on any atom is -0.481 e. The van der Waals surface area contributed by atoms with Crippen LogP contribution in [0.15, 0.2) is 18.2 Å². The number of aliphatic hydroxyl groups excluding tert-OH is 1. The van der Waals surface area contributed by atoms with Crippen LogP contribution in [-0.4, -0.2) is 16.2 Å². The molecule has 0 aliphatic heterocycles. The van der Waals surface area contributed by atoms with Crippen LogP contribution < -0.4 is 0 Å². The molecular weight excluding hydrogens is 263 g/mol. The van der Waals surface area contributed by atoms with Crippen molar-refractivity contribution in [3.63, 3.8) is 0 Å². The minimum absolute atomic E-state index is 0.346. The normalized spacial score (nSPS) is 16.3. The van der Waals surface area contributed by atoms with Gasteiger partial charge in [0.25, 0.3) is 0 Å². The van der Waals surface area contributed by atoms with Crippen LogP contribution in [0.3, 0.4) is 0 Å². The highest BCUT2D eigenvalue weighted by Gasteiger charge is 2.27. The number of aliphatic carboxylic acids is 1. The van der Waals surface area contributed by atoms with E-state index in [0.29, 0.717) is 15.6 Å². The molecule has 1 aromatic carbocycles. The maximum absolute atomic E-state index is 10.8. The van der Waals surface area contributed by atoms with Crippen molar-refractivity contribution in [2.75, 3.05) is 0 Å². The van der Waals surface area contributed by atoms with Gasteiger partial charge in [0.1, 0.15) is 0 Å². The number of aliphatic hydroxyl groups is 1. The van der Waals surface area contributed by atoms with Gasteiger partial charge in [0.05, 0.1) is 22.1 Å². The summed E-state index contributed by atoms with van der Waals surface area (Å²) in [5.74, 6) is -1.99. The van der Waals surface area contributed by atoms with Crippen LogP contribution in [-0.2, 0) is 4.79 Å². The summed E-state index contributed by atoms with van der Waals surface area (Å²) in [6.45, 7) is 3.25. The predicted octanol–water partition coefficient (Wildman–Crippen LogP) is 3.38. The van der Waals surface area contributed by atoms with Crippen LogP contribution >= 0.6 is 23.2 Å². The molecule has 2 N–H and O–H groups in total. The van der Waals surface area contributed by atoms with Gasteiger partial charge in [-0.3, -0.25) is 4.79 Å². The van der Waals surface area contributed by atoms with Gasteiger partial charge in [0.2, 0.25) is 0 Å². The van der Waals surface area contributed by atoms with Crippen LogP contribution in [0.4, 0.5) is 0 Å². The highest BCUT2D eigenvalue weighted by Crippen LogP contribution is 2.31. The summed E-state index contributed by atoms with van der Waals surface area (Å²) < 4.78 is 0. The van der Waals surface area contributed by atoms with Gasteiger partial charge in [-0.15, -0.1) is 0 Å². The lowest BCUT2D eigenvalue weighted by molar-refractivity contribution is -0.144. The van der Waals surface area contributed by atoms with Gasteiger partial charge in [-0.2, -0.15) is 0 Å². The third kappa shape index (κ3) is 3.35. The quantitative estimate of drug-likeness (QED) is 0.886. The molecule has 17 heavy (non-hydrogen) atoms. The van der Waals surface area contributed by atoms with Crippen LogP contribution in [0, 0.1) is 11.8 Å². The smallest absolute Gasteiger partial charge is 0.306 e. The first-order valence-corrected chi connectivity index (χ1v) is 5.96. The number of carboxylic acids is 1. The maximum atomic E-state index is 10.8. The standard InChI is InChI=1S/C12H14Cl2O3/c1-6(7(2)12(16)17)11(15)8-3-4-9(13)10(14)5-8/h3-7,11,15H,1-2H3,(H,16,17). The molecule has 0 heterocycles. The SMILES string of the molecule is CC(C(=O)O)C(C)C(O)c1ccc(Cl)c(Cl)c1. The molecule has 1 rings (SSSR count).